The summed E-state index contributed by atoms with van der Waals surface area (Å²) in [6.45, 7) is 0.858. The minimum atomic E-state index is -6.14. The maximum absolute atomic E-state index is 13.0. The number of fused-ring (bicyclic) bond motifs is 2. The molecule has 0 bridgehead atoms. The van der Waals surface area contributed by atoms with Gasteiger partial charge in [0.15, 0.2) is 16.8 Å². The van der Waals surface area contributed by atoms with E-state index >= 15 is 0 Å². The molecule has 5 rings (SSSR count). The number of H-pyrrole nitrogens is 1. The lowest BCUT2D eigenvalue weighted by molar-refractivity contribution is -0.250. The number of phosphoric ester groups is 1. The van der Waals surface area contributed by atoms with Crippen molar-refractivity contribution < 1.29 is 65.4 Å². The molecule has 0 aliphatic carbocycles. The van der Waals surface area contributed by atoms with Crippen LogP contribution in [0.1, 0.15) is 17.6 Å². The van der Waals surface area contributed by atoms with Gasteiger partial charge in [0.05, 0.1) is 30.9 Å². The van der Waals surface area contributed by atoms with Crippen LogP contribution in [0.5, 0.6) is 0 Å². The molecule has 0 saturated carbocycles. The molecule has 7 unspecified atom stereocenters. The zero-order valence-corrected chi connectivity index (χ0v) is 25.8. The van der Waals surface area contributed by atoms with Crippen LogP contribution in [0.15, 0.2) is 12.4 Å². The van der Waals surface area contributed by atoms with Crippen molar-refractivity contribution >= 4 is 58.7 Å². The van der Waals surface area contributed by atoms with Gasteiger partial charge in [-0.15, -0.1) is 0 Å². The average Bonchev–Trinajstić information content (AvgIpc) is 3.62. The van der Waals surface area contributed by atoms with Crippen LogP contribution in [0.4, 0.5) is 5.95 Å². The highest BCUT2D eigenvalue weighted by molar-refractivity contribution is 7.71. The Morgan fingerprint density at radius 1 is 1.20 bits per heavy atom. The van der Waals surface area contributed by atoms with Crippen LogP contribution in [0.3, 0.4) is 0 Å². The normalized spacial score (nSPS) is 27.5. The molecule has 44 heavy (non-hydrogen) atoms. The summed E-state index contributed by atoms with van der Waals surface area (Å²) in [5.74, 6) is -0.766. The van der Waals surface area contributed by atoms with E-state index in [1.165, 1.54) is 10.9 Å². The number of ether oxygens (including phenoxy) is 3. The van der Waals surface area contributed by atoms with Crippen LogP contribution < -0.4 is 25.7 Å². The molecular formula is C18H22N8O14P3S-3. The smallest absolute Gasteiger partial charge is 0.280 e. The molecule has 2 aliphatic heterocycles. The van der Waals surface area contributed by atoms with E-state index in [9.17, 15) is 33.2 Å². The van der Waals surface area contributed by atoms with Gasteiger partial charge in [-0.3, -0.25) is 27.7 Å². The number of anilines is 1. The van der Waals surface area contributed by atoms with Crippen molar-refractivity contribution in [1.82, 2.24) is 34.6 Å². The summed E-state index contributed by atoms with van der Waals surface area (Å²) in [4.78, 5) is 66.8. The molecule has 3 aromatic rings. The average molecular weight is 699 g/mol. The SMILES string of the molecule is Cc1cc(CNC(=O)[C@@H]2OC3C(COP(=O)([O-])OP(=O)([O-])OP(=O)([O-])O)OC(n4cnc5c(=S)nc(N)[nH]c54)C3O2)n(C)n1. The van der Waals surface area contributed by atoms with Crippen molar-refractivity contribution in [3.8, 4) is 0 Å². The number of hydrogen-bond donors (Lipinski definition) is 4. The lowest BCUT2D eigenvalue weighted by Gasteiger charge is -2.33. The minimum Gasteiger partial charge on any atom is -0.756 e. The summed E-state index contributed by atoms with van der Waals surface area (Å²) in [7, 11) is -16.2. The first-order valence-corrected chi connectivity index (χ1v) is 16.9. The molecule has 1 amide bonds. The number of hydrogen-bond acceptors (Lipinski definition) is 18. The van der Waals surface area contributed by atoms with Gasteiger partial charge >= 0.3 is 0 Å². The zero-order valence-electron chi connectivity index (χ0n) is 22.3. The van der Waals surface area contributed by atoms with Crippen molar-refractivity contribution in [3.05, 3.63) is 28.4 Å². The van der Waals surface area contributed by atoms with E-state index in [4.69, 9.17) is 37.1 Å². The van der Waals surface area contributed by atoms with Crippen LogP contribution in [0.25, 0.3) is 11.2 Å². The highest BCUT2D eigenvalue weighted by atomic mass is 32.1. The number of aryl methyl sites for hydroxylation is 2. The number of carbonyl (C=O) groups excluding carboxylic acids is 1. The van der Waals surface area contributed by atoms with Crippen LogP contribution in [0.2, 0.25) is 0 Å². The van der Waals surface area contributed by atoms with Crippen molar-refractivity contribution in [3.63, 3.8) is 0 Å². The van der Waals surface area contributed by atoms with Gasteiger partial charge in [0.1, 0.15) is 29.5 Å². The predicted octanol–water partition coefficient (Wildman–Crippen LogP) is -2.12. The Morgan fingerprint density at radius 3 is 2.57 bits per heavy atom. The van der Waals surface area contributed by atoms with E-state index in [1.54, 1.807) is 24.7 Å². The molecule has 26 heteroatoms. The molecule has 0 radical (unpaired) electrons. The fraction of sp³-hybridized carbons (Fsp3) is 0.500. The number of carbonyl (C=O) groups is 1. The summed E-state index contributed by atoms with van der Waals surface area (Å²) in [5, 5.41) is 6.84. The number of rotatable bonds is 11. The molecule has 3 aromatic heterocycles. The minimum absolute atomic E-state index is 0.0508. The molecule has 8 atom stereocenters. The lowest BCUT2D eigenvalue weighted by Crippen LogP contribution is -2.38. The third-order valence-corrected chi connectivity index (χ3v) is 10.1. The topological polar surface area (TPSA) is 315 Å². The molecular weight excluding hydrogens is 677 g/mol. The van der Waals surface area contributed by atoms with Crippen LogP contribution in [-0.4, -0.2) is 71.3 Å². The first-order valence-electron chi connectivity index (χ1n) is 12.1. The predicted molar refractivity (Wildman–Crippen MR) is 138 cm³/mol. The van der Waals surface area contributed by atoms with E-state index in [0.717, 1.165) is 5.69 Å². The monoisotopic (exact) mass is 699 g/mol. The highest BCUT2D eigenvalue weighted by Crippen LogP contribution is 2.61. The van der Waals surface area contributed by atoms with E-state index in [1.807, 2.05) is 0 Å². The summed E-state index contributed by atoms with van der Waals surface area (Å²) in [6, 6.07) is 1.75. The quantitative estimate of drug-likeness (QED) is 0.123. The van der Waals surface area contributed by atoms with Crippen LogP contribution in [-0.2, 0) is 59.4 Å². The number of nitrogen functional groups attached to an aromatic ring is 1. The number of nitrogens with two attached hydrogens (primary N) is 1. The molecule has 0 spiro atoms. The Bertz CT molecular complexity index is 1790. The van der Waals surface area contributed by atoms with Gasteiger partial charge in [-0.1, -0.05) is 12.2 Å². The van der Waals surface area contributed by atoms with Gasteiger partial charge in [0.25, 0.3) is 29.4 Å². The highest BCUT2D eigenvalue weighted by Gasteiger charge is 2.55. The van der Waals surface area contributed by atoms with Gasteiger partial charge in [-0.05, 0) is 13.0 Å². The van der Waals surface area contributed by atoms with Crippen molar-refractivity contribution in [2.75, 3.05) is 12.3 Å². The number of nitrogens with zero attached hydrogens (tertiary/aromatic N) is 5. The second-order valence-corrected chi connectivity index (χ2v) is 14.0. The molecule has 242 valence electrons. The van der Waals surface area contributed by atoms with Gasteiger partial charge in [0.2, 0.25) is 6.29 Å². The van der Waals surface area contributed by atoms with E-state index in [2.05, 4.69) is 38.5 Å². The number of imidazole rings is 1. The maximum Gasteiger partial charge on any atom is 0.280 e. The Hall–Kier alpha value is -2.46. The third kappa shape index (κ3) is 7.33. The zero-order chi connectivity index (χ0) is 32.2. The summed E-state index contributed by atoms with van der Waals surface area (Å²) >= 11 is 5.18. The van der Waals surface area contributed by atoms with Crippen molar-refractivity contribution in [2.24, 2.45) is 7.05 Å². The standard InChI is InChI=1S/C18H25N8O14P3S/c1-7-3-8(25(2)24-7)4-20-14(27)17-37-11-9(5-35-42(31,32)40-43(33,34)39-41(28,29)30)36-16(12(11)38-17)26-6-21-10-13(26)22-18(19)23-15(10)44/h3,6,9,11-12,16-17H,4-5H2,1-2H3,(H,20,27)(H,31,32)(H,33,34)(H2,28,29,30)(H3,19,22,23,44)/p-3/t9?,11?,12?,16?,17-/m1/s1. The summed E-state index contributed by atoms with van der Waals surface area (Å²) in [5.41, 5.74) is 7.63. The Labute approximate surface area is 250 Å². The third-order valence-electron chi connectivity index (χ3n) is 6.14. The van der Waals surface area contributed by atoms with Crippen LogP contribution in [0, 0.1) is 11.6 Å². The Morgan fingerprint density at radius 2 is 1.91 bits per heavy atom. The maximum atomic E-state index is 13.0. The fourth-order valence-corrected chi connectivity index (χ4v) is 7.65. The summed E-state index contributed by atoms with van der Waals surface area (Å²) in [6.07, 6.45) is -5.10. The van der Waals surface area contributed by atoms with E-state index in [-0.39, 0.29) is 28.3 Å². The number of amides is 1. The van der Waals surface area contributed by atoms with E-state index < -0.39 is 66.8 Å². The molecule has 2 saturated heterocycles. The Kier molecular flexibility index (Phi) is 9.01. The second kappa shape index (κ2) is 12.0. The molecule has 2 aliphatic rings. The van der Waals surface area contributed by atoms with Gasteiger partial charge in [-0.2, -0.15) is 5.10 Å². The van der Waals surface area contributed by atoms with Gasteiger partial charge < -0.3 is 54.3 Å². The first kappa shape index (κ1) is 32.9. The van der Waals surface area contributed by atoms with Crippen molar-refractivity contribution in [1.29, 1.82) is 0 Å². The Balaban J connectivity index is 1.36. The first-order chi connectivity index (χ1) is 20.4. The number of phosphoric acid groups is 3. The molecule has 5 heterocycles. The van der Waals surface area contributed by atoms with Gasteiger partial charge in [0, 0.05) is 7.05 Å². The summed E-state index contributed by atoms with van der Waals surface area (Å²) < 4.78 is 66.5. The van der Waals surface area contributed by atoms with Crippen LogP contribution >= 0.6 is 35.7 Å². The molecule has 2 fully saturated rings. The number of nitrogens with one attached hydrogen (secondary N) is 2. The largest absolute Gasteiger partial charge is 0.756 e. The fourth-order valence-electron chi connectivity index (χ4n) is 4.51. The number of aromatic nitrogens is 6. The van der Waals surface area contributed by atoms with E-state index in [0.29, 0.717) is 5.69 Å². The molecule has 22 nitrogen and oxygen atoms in total. The molecule has 0 aromatic carbocycles. The lowest BCUT2D eigenvalue weighted by atomic mass is 10.1. The van der Waals surface area contributed by atoms with Crippen molar-refractivity contribution in [2.45, 2.75) is 44.3 Å². The molecule has 5 N–H and O–H groups in total. The number of aromatic amines is 1. The second-order valence-electron chi connectivity index (χ2n) is 9.32. The van der Waals surface area contributed by atoms with Gasteiger partial charge in [-0.25, -0.2) is 18.6 Å².